The molecule has 0 spiro atoms. The van der Waals surface area contributed by atoms with E-state index in [0.717, 1.165) is 0 Å². The van der Waals surface area contributed by atoms with E-state index in [1.807, 2.05) is 0 Å². The Kier molecular flexibility index (Phi) is 3.88. The number of esters is 2. The predicted molar refractivity (Wildman–Crippen MR) is 61.0 cm³/mol. The number of cyclic esters (lactones) is 2. The number of ether oxygens (including phenoxy) is 2. The van der Waals surface area contributed by atoms with Gasteiger partial charge < -0.3 is 15.2 Å². The predicted octanol–water partition coefficient (Wildman–Crippen LogP) is 0.289. The van der Waals surface area contributed by atoms with Crippen molar-refractivity contribution in [2.75, 3.05) is 0 Å². The Balaban J connectivity index is 2.16. The van der Waals surface area contributed by atoms with Crippen molar-refractivity contribution in [1.82, 2.24) is 4.98 Å². The van der Waals surface area contributed by atoms with Crippen molar-refractivity contribution >= 4 is 11.9 Å². The highest BCUT2D eigenvalue weighted by Gasteiger charge is 2.18. The van der Waals surface area contributed by atoms with Crippen molar-refractivity contribution in [3.8, 4) is 0 Å². The molecule has 1 aliphatic rings. The van der Waals surface area contributed by atoms with E-state index in [1.165, 1.54) is 0 Å². The van der Waals surface area contributed by atoms with Crippen LogP contribution in [0.15, 0.2) is 18.2 Å². The summed E-state index contributed by atoms with van der Waals surface area (Å²) in [4.78, 5) is 27.1. The number of carbonyl (C=O) groups is 2. The summed E-state index contributed by atoms with van der Waals surface area (Å²) in [5.41, 5.74) is 6.83. The maximum absolute atomic E-state index is 11.5. The van der Waals surface area contributed by atoms with Crippen LogP contribution in [-0.2, 0) is 32.3 Å². The summed E-state index contributed by atoms with van der Waals surface area (Å²) in [6, 6.07) is 4.44. The van der Waals surface area contributed by atoms with Crippen LogP contribution in [0.2, 0.25) is 0 Å². The van der Waals surface area contributed by atoms with Crippen LogP contribution in [0.5, 0.6) is 0 Å². The van der Waals surface area contributed by atoms with Crippen molar-refractivity contribution in [2.45, 2.75) is 32.1 Å². The molecule has 2 heterocycles. The van der Waals surface area contributed by atoms with Gasteiger partial charge in [-0.2, -0.15) is 0 Å². The van der Waals surface area contributed by atoms with E-state index >= 15 is 0 Å². The lowest BCUT2D eigenvalue weighted by atomic mass is 10.2. The average Bonchev–Trinajstić information content (AvgIpc) is 2.39. The van der Waals surface area contributed by atoms with Gasteiger partial charge in [-0.3, -0.25) is 14.6 Å². The van der Waals surface area contributed by atoms with Crippen molar-refractivity contribution in [2.24, 2.45) is 5.73 Å². The molecule has 0 saturated heterocycles. The van der Waals surface area contributed by atoms with Crippen LogP contribution in [0.1, 0.15) is 24.2 Å². The van der Waals surface area contributed by atoms with Crippen LogP contribution < -0.4 is 5.73 Å². The highest BCUT2D eigenvalue weighted by Crippen LogP contribution is 2.08. The van der Waals surface area contributed by atoms with Crippen LogP contribution in [0.4, 0.5) is 0 Å². The van der Waals surface area contributed by atoms with E-state index < -0.39 is 18.0 Å². The molecule has 1 aliphatic heterocycles. The second-order valence-corrected chi connectivity index (χ2v) is 4.03. The van der Waals surface area contributed by atoms with Crippen LogP contribution in [0, 0.1) is 0 Å². The zero-order chi connectivity index (χ0) is 13.0. The second kappa shape index (κ2) is 5.59. The maximum Gasteiger partial charge on any atom is 0.323 e. The summed E-state index contributed by atoms with van der Waals surface area (Å²) in [6.45, 7) is 0.199. The number of fused-ring (bicyclic) bond motifs is 2. The average molecular weight is 250 g/mol. The first-order chi connectivity index (χ1) is 8.65. The fourth-order valence-electron chi connectivity index (χ4n) is 1.56. The van der Waals surface area contributed by atoms with Gasteiger partial charge in [0.25, 0.3) is 0 Å². The molecule has 6 heteroatoms. The number of rotatable bonds is 0. The lowest BCUT2D eigenvalue weighted by Gasteiger charge is -2.13. The molecule has 1 aromatic rings. The fraction of sp³-hybridized carbons (Fsp3) is 0.417. The Morgan fingerprint density at radius 1 is 1.17 bits per heavy atom. The summed E-state index contributed by atoms with van der Waals surface area (Å²) >= 11 is 0. The highest BCUT2D eigenvalue weighted by atomic mass is 16.5. The third kappa shape index (κ3) is 3.27. The van der Waals surface area contributed by atoms with Gasteiger partial charge in [0, 0.05) is 6.42 Å². The van der Waals surface area contributed by atoms with Gasteiger partial charge in [0.1, 0.15) is 19.3 Å². The standard InChI is InChI=1S/C12H14N2O4/c13-10-4-5-11(15)17-6-8-2-1-3-9(14-8)7-18-12(10)16/h1-3,10H,4-7,13H2. The Morgan fingerprint density at radius 2 is 1.83 bits per heavy atom. The molecule has 0 aromatic carbocycles. The van der Waals surface area contributed by atoms with E-state index in [2.05, 4.69) is 4.98 Å². The van der Waals surface area contributed by atoms with Gasteiger partial charge in [-0.25, -0.2) is 0 Å². The molecular formula is C12H14N2O4. The molecule has 1 unspecified atom stereocenters. The molecule has 0 amide bonds. The normalized spacial score (nSPS) is 21.3. The molecule has 1 aromatic heterocycles. The molecule has 96 valence electrons. The van der Waals surface area contributed by atoms with Gasteiger partial charge >= 0.3 is 11.9 Å². The maximum atomic E-state index is 11.5. The van der Waals surface area contributed by atoms with Gasteiger partial charge in [0.05, 0.1) is 11.4 Å². The van der Waals surface area contributed by atoms with E-state index in [9.17, 15) is 9.59 Å². The minimum Gasteiger partial charge on any atom is -0.459 e. The summed E-state index contributed by atoms with van der Waals surface area (Å²) in [5.74, 6) is -0.929. The van der Waals surface area contributed by atoms with Crippen LogP contribution in [0.3, 0.4) is 0 Å². The van der Waals surface area contributed by atoms with Gasteiger partial charge in [-0.15, -0.1) is 0 Å². The van der Waals surface area contributed by atoms with Gasteiger partial charge in [0.2, 0.25) is 0 Å². The highest BCUT2D eigenvalue weighted by molar-refractivity contribution is 5.77. The molecule has 2 bridgehead atoms. The van der Waals surface area contributed by atoms with Crippen molar-refractivity contribution in [3.63, 3.8) is 0 Å². The molecular weight excluding hydrogens is 236 g/mol. The van der Waals surface area contributed by atoms with Crippen molar-refractivity contribution in [1.29, 1.82) is 0 Å². The van der Waals surface area contributed by atoms with E-state index in [0.29, 0.717) is 11.4 Å². The number of nitrogens with two attached hydrogens (primary N) is 1. The monoisotopic (exact) mass is 250 g/mol. The molecule has 0 aliphatic carbocycles. The Bertz CT molecular complexity index is 461. The van der Waals surface area contributed by atoms with E-state index in [4.69, 9.17) is 15.2 Å². The second-order valence-electron chi connectivity index (χ2n) is 4.03. The topological polar surface area (TPSA) is 91.5 Å². The lowest BCUT2D eigenvalue weighted by Crippen LogP contribution is -2.33. The minimum absolute atomic E-state index is 0.0777. The van der Waals surface area contributed by atoms with Crippen molar-refractivity contribution < 1.29 is 19.1 Å². The van der Waals surface area contributed by atoms with Gasteiger partial charge in [-0.1, -0.05) is 6.07 Å². The molecule has 0 radical (unpaired) electrons. The van der Waals surface area contributed by atoms with Crippen molar-refractivity contribution in [3.05, 3.63) is 29.6 Å². The SMILES string of the molecule is NC1CCC(=O)OCc2cccc(n2)COC1=O. The first kappa shape index (κ1) is 12.5. The van der Waals surface area contributed by atoms with Crippen LogP contribution in [-0.4, -0.2) is 23.0 Å². The molecule has 2 rings (SSSR count). The third-order valence-electron chi connectivity index (χ3n) is 2.57. The summed E-state index contributed by atoms with van der Waals surface area (Å²) in [5, 5.41) is 0. The minimum atomic E-state index is -0.805. The smallest absolute Gasteiger partial charge is 0.323 e. The summed E-state index contributed by atoms with van der Waals surface area (Å²) in [7, 11) is 0. The number of hydrogen-bond donors (Lipinski definition) is 1. The van der Waals surface area contributed by atoms with Gasteiger partial charge in [-0.05, 0) is 18.6 Å². The largest absolute Gasteiger partial charge is 0.459 e. The zero-order valence-electron chi connectivity index (χ0n) is 9.80. The van der Waals surface area contributed by atoms with E-state index in [-0.39, 0.29) is 26.1 Å². The number of aromatic nitrogens is 1. The number of carbonyl (C=O) groups excluding carboxylic acids is 2. The van der Waals surface area contributed by atoms with Crippen LogP contribution in [0.25, 0.3) is 0 Å². The molecule has 0 saturated carbocycles. The Labute approximate surface area is 104 Å². The summed E-state index contributed by atoms with van der Waals surface area (Å²) < 4.78 is 10.1. The summed E-state index contributed by atoms with van der Waals surface area (Å²) in [6.07, 6.45) is 0.314. The number of hydrogen-bond acceptors (Lipinski definition) is 6. The van der Waals surface area contributed by atoms with Crippen LogP contribution >= 0.6 is 0 Å². The lowest BCUT2D eigenvalue weighted by molar-refractivity contribution is -0.148. The number of pyridine rings is 1. The zero-order valence-corrected chi connectivity index (χ0v) is 9.80. The van der Waals surface area contributed by atoms with E-state index in [1.54, 1.807) is 18.2 Å². The molecule has 18 heavy (non-hydrogen) atoms. The first-order valence-corrected chi connectivity index (χ1v) is 5.68. The molecule has 2 N–H and O–H groups in total. The first-order valence-electron chi connectivity index (χ1n) is 5.68. The molecule has 6 nitrogen and oxygen atoms in total. The molecule has 0 fully saturated rings. The third-order valence-corrected chi connectivity index (χ3v) is 2.57. The Morgan fingerprint density at radius 3 is 2.56 bits per heavy atom. The number of nitrogens with zero attached hydrogens (tertiary/aromatic N) is 1. The van der Waals surface area contributed by atoms with Gasteiger partial charge in [0.15, 0.2) is 0 Å². The fourth-order valence-corrected chi connectivity index (χ4v) is 1.56. The molecule has 1 atom stereocenters. The Hall–Kier alpha value is -1.95. The quantitative estimate of drug-likeness (QED) is 0.665.